The fraction of sp³-hybridized carbons (Fsp3) is 0.400. The van der Waals surface area contributed by atoms with Gasteiger partial charge in [-0.05, 0) is 24.6 Å². The molecule has 0 aliphatic carbocycles. The van der Waals surface area contributed by atoms with Crippen LogP contribution < -0.4 is 0 Å². The molecule has 6 heteroatoms. The molecule has 0 saturated heterocycles. The number of aromatic nitrogens is 2. The Morgan fingerprint density at radius 3 is 3.00 bits per heavy atom. The fourth-order valence-corrected chi connectivity index (χ4v) is 3.40. The second-order valence-corrected chi connectivity index (χ2v) is 6.48. The van der Waals surface area contributed by atoms with Crippen molar-refractivity contribution in [3.05, 3.63) is 16.2 Å². The first-order valence-electron chi connectivity index (χ1n) is 4.81. The number of nitrogens with zero attached hydrogens (tertiary/aromatic N) is 2. The minimum atomic E-state index is 0.106. The van der Waals surface area contributed by atoms with E-state index in [1.165, 1.54) is 16.6 Å². The van der Waals surface area contributed by atoms with Gasteiger partial charge in [-0.3, -0.25) is 0 Å². The predicted molar refractivity (Wildman–Crippen MR) is 69.6 cm³/mol. The summed E-state index contributed by atoms with van der Waals surface area (Å²) >= 11 is 8.99. The summed E-state index contributed by atoms with van der Waals surface area (Å²) in [5.41, 5.74) is 0. The first-order valence-corrected chi connectivity index (χ1v) is 6.88. The van der Waals surface area contributed by atoms with Crippen LogP contribution in [0.4, 0.5) is 0 Å². The third-order valence-electron chi connectivity index (χ3n) is 2.02. The van der Waals surface area contributed by atoms with Gasteiger partial charge in [-0.25, -0.2) is 9.97 Å². The van der Waals surface area contributed by atoms with Crippen LogP contribution in [-0.2, 0) is 0 Å². The summed E-state index contributed by atoms with van der Waals surface area (Å²) in [4.78, 5) is 10.5. The van der Waals surface area contributed by atoms with E-state index in [4.69, 9.17) is 16.7 Å². The minimum absolute atomic E-state index is 0.106. The largest absolute Gasteiger partial charge is 0.395 e. The lowest BCUT2D eigenvalue weighted by Crippen LogP contribution is -2.02. The van der Waals surface area contributed by atoms with Crippen LogP contribution in [0.25, 0.3) is 10.2 Å². The minimum Gasteiger partial charge on any atom is -0.395 e. The van der Waals surface area contributed by atoms with E-state index in [0.29, 0.717) is 0 Å². The first-order chi connectivity index (χ1) is 7.60. The molecule has 2 aromatic heterocycles. The van der Waals surface area contributed by atoms with Crippen molar-refractivity contribution in [2.24, 2.45) is 0 Å². The molecule has 0 aromatic carbocycles. The van der Waals surface area contributed by atoms with Crippen LogP contribution in [0.3, 0.4) is 0 Å². The Morgan fingerprint density at radius 1 is 1.56 bits per heavy atom. The molecular formula is C10H11ClN2OS2. The molecule has 0 bridgehead atoms. The normalized spacial score (nSPS) is 13.2. The Bertz CT molecular complexity index is 515. The maximum atomic E-state index is 9.05. The smallest absolute Gasteiger partial charge is 0.224 e. The number of fused-ring (bicyclic) bond motifs is 1. The summed E-state index contributed by atoms with van der Waals surface area (Å²) in [6, 6.07) is 2.06. The summed E-state index contributed by atoms with van der Waals surface area (Å²) in [7, 11) is 0. The molecule has 1 atom stereocenters. The third-order valence-corrected chi connectivity index (χ3v) is 4.22. The molecule has 0 aliphatic heterocycles. The van der Waals surface area contributed by atoms with E-state index in [0.717, 1.165) is 15.2 Å². The maximum absolute atomic E-state index is 9.05. The number of aryl methyl sites for hydroxylation is 1. The lowest BCUT2D eigenvalue weighted by atomic mass is 10.4. The number of aliphatic hydroxyl groups excluding tert-OH is 1. The van der Waals surface area contributed by atoms with Crippen LogP contribution in [-0.4, -0.2) is 26.9 Å². The van der Waals surface area contributed by atoms with Crippen molar-refractivity contribution in [2.45, 2.75) is 24.1 Å². The number of rotatable bonds is 3. The van der Waals surface area contributed by atoms with Gasteiger partial charge in [0.25, 0.3) is 0 Å². The van der Waals surface area contributed by atoms with Gasteiger partial charge in [0.05, 0.1) is 6.61 Å². The monoisotopic (exact) mass is 274 g/mol. The van der Waals surface area contributed by atoms with E-state index in [2.05, 4.69) is 16.0 Å². The molecule has 86 valence electrons. The van der Waals surface area contributed by atoms with Gasteiger partial charge in [0, 0.05) is 15.5 Å². The van der Waals surface area contributed by atoms with Gasteiger partial charge in [-0.1, -0.05) is 6.92 Å². The zero-order chi connectivity index (χ0) is 11.7. The molecular weight excluding hydrogens is 264 g/mol. The third kappa shape index (κ3) is 2.48. The number of thiophene rings is 1. The molecule has 16 heavy (non-hydrogen) atoms. The van der Waals surface area contributed by atoms with Crippen molar-refractivity contribution in [1.82, 2.24) is 9.97 Å². The first kappa shape index (κ1) is 12.1. The van der Waals surface area contributed by atoms with E-state index in [1.54, 1.807) is 11.3 Å². The topological polar surface area (TPSA) is 46.0 Å². The lowest BCUT2D eigenvalue weighted by molar-refractivity contribution is 0.300. The quantitative estimate of drug-likeness (QED) is 0.531. The van der Waals surface area contributed by atoms with Crippen LogP contribution in [0.2, 0.25) is 5.28 Å². The van der Waals surface area contributed by atoms with Crippen LogP contribution in [0, 0.1) is 6.92 Å². The van der Waals surface area contributed by atoms with Gasteiger partial charge in [-0.15, -0.1) is 23.1 Å². The van der Waals surface area contributed by atoms with Gasteiger partial charge in [0.2, 0.25) is 5.28 Å². The molecule has 0 spiro atoms. The van der Waals surface area contributed by atoms with Crippen molar-refractivity contribution < 1.29 is 5.11 Å². The highest BCUT2D eigenvalue weighted by atomic mass is 35.5. The highest BCUT2D eigenvalue weighted by Gasteiger charge is 2.12. The molecule has 0 saturated carbocycles. The zero-order valence-corrected chi connectivity index (χ0v) is 11.3. The highest BCUT2D eigenvalue weighted by Crippen LogP contribution is 2.33. The van der Waals surface area contributed by atoms with Crippen LogP contribution in [0.1, 0.15) is 11.8 Å². The molecule has 2 heterocycles. The molecule has 0 radical (unpaired) electrons. The van der Waals surface area contributed by atoms with Gasteiger partial charge in [-0.2, -0.15) is 0 Å². The molecule has 1 unspecified atom stereocenters. The number of aliphatic hydroxyl groups is 1. The zero-order valence-electron chi connectivity index (χ0n) is 8.90. The van der Waals surface area contributed by atoms with Crippen molar-refractivity contribution in [3.63, 3.8) is 0 Å². The fourth-order valence-electron chi connectivity index (χ4n) is 1.31. The summed E-state index contributed by atoms with van der Waals surface area (Å²) in [6.07, 6.45) is 0. The Hall–Kier alpha value is -0.360. The Morgan fingerprint density at radius 2 is 2.31 bits per heavy atom. The van der Waals surface area contributed by atoms with Crippen molar-refractivity contribution in [2.75, 3.05) is 6.61 Å². The van der Waals surface area contributed by atoms with Crippen molar-refractivity contribution in [3.8, 4) is 0 Å². The van der Waals surface area contributed by atoms with Crippen LogP contribution in [0.5, 0.6) is 0 Å². The van der Waals surface area contributed by atoms with Gasteiger partial charge < -0.3 is 5.11 Å². The molecule has 0 fully saturated rings. The van der Waals surface area contributed by atoms with Crippen LogP contribution >= 0.6 is 34.7 Å². The number of hydrogen-bond acceptors (Lipinski definition) is 5. The van der Waals surface area contributed by atoms with Crippen molar-refractivity contribution in [1.29, 1.82) is 0 Å². The molecule has 1 N–H and O–H groups in total. The highest BCUT2D eigenvalue weighted by molar-refractivity contribution is 8.00. The van der Waals surface area contributed by atoms with E-state index in [9.17, 15) is 0 Å². The number of thioether (sulfide) groups is 1. The second-order valence-electron chi connectivity index (χ2n) is 3.48. The van der Waals surface area contributed by atoms with E-state index in [1.807, 2.05) is 13.8 Å². The molecule has 3 nitrogen and oxygen atoms in total. The molecule has 2 rings (SSSR count). The molecule has 0 aliphatic rings. The van der Waals surface area contributed by atoms with Gasteiger partial charge in [0.15, 0.2) is 0 Å². The standard InChI is InChI=1S/C10H11ClN2OS2/c1-5-3-7-8(15-5)12-10(11)13-9(7)16-6(2)4-14/h3,6,14H,4H2,1-2H3. The summed E-state index contributed by atoms with van der Waals surface area (Å²) in [5.74, 6) is 0. The predicted octanol–water partition coefficient (Wildman–Crippen LogP) is 3.13. The number of halogens is 1. The SMILES string of the molecule is Cc1cc2c(SC(C)CO)nc(Cl)nc2s1. The summed E-state index contributed by atoms with van der Waals surface area (Å²) in [6.45, 7) is 4.10. The van der Waals surface area contributed by atoms with E-state index in [-0.39, 0.29) is 17.1 Å². The summed E-state index contributed by atoms with van der Waals surface area (Å²) in [5, 5.41) is 11.3. The second kappa shape index (κ2) is 4.87. The van der Waals surface area contributed by atoms with E-state index < -0.39 is 0 Å². The summed E-state index contributed by atoms with van der Waals surface area (Å²) < 4.78 is 0. The van der Waals surface area contributed by atoms with Gasteiger partial charge >= 0.3 is 0 Å². The molecule has 2 aromatic rings. The van der Waals surface area contributed by atoms with Gasteiger partial charge in [0.1, 0.15) is 9.86 Å². The average Bonchev–Trinajstić information content (AvgIpc) is 2.58. The average molecular weight is 275 g/mol. The number of hydrogen-bond donors (Lipinski definition) is 1. The maximum Gasteiger partial charge on any atom is 0.224 e. The lowest BCUT2D eigenvalue weighted by Gasteiger charge is -2.07. The van der Waals surface area contributed by atoms with Crippen LogP contribution in [0.15, 0.2) is 11.1 Å². The van der Waals surface area contributed by atoms with E-state index >= 15 is 0 Å². The Balaban J connectivity index is 2.49. The Kier molecular flexibility index (Phi) is 3.69. The van der Waals surface area contributed by atoms with Crippen molar-refractivity contribution >= 4 is 44.9 Å². The molecule has 0 amide bonds. The Labute approximate surface area is 107 Å².